The highest BCUT2D eigenvalue weighted by molar-refractivity contribution is 5.79. The lowest BCUT2D eigenvalue weighted by molar-refractivity contribution is -0.141. The van der Waals surface area contributed by atoms with Crippen molar-refractivity contribution in [2.45, 2.75) is 65.0 Å². The number of hydrogen-bond donors (Lipinski definition) is 1. The van der Waals surface area contributed by atoms with Crippen molar-refractivity contribution in [3.8, 4) is 0 Å². The van der Waals surface area contributed by atoms with Crippen LogP contribution < -0.4 is 5.73 Å². The second kappa shape index (κ2) is 6.24. The highest BCUT2D eigenvalue weighted by atomic mass is 16.2. The lowest BCUT2D eigenvalue weighted by atomic mass is 9.94. The summed E-state index contributed by atoms with van der Waals surface area (Å²) < 4.78 is 0. The van der Waals surface area contributed by atoms with Gasteiger partial charge in [0.1, 0.15) is 0 Å². The van der Waals surface area contributed by atoms with Gasteiger partial charge in [0.05, 0.1) is 0 Å². The van der Waals surface area contributed by atoms with Gasteiger partial charge in [-0.15, -0.1) is 0 Å². The van der Waals surface area contributed by atoms with Gasteiger partial charge in [-0.2, -0.15) is 0 Å². The summed E-state index contributed by atoms with van der Waals surface area (Å²) in [7, 11) is 0. The van der Waals surface area contributed by atoms with Gasteiger partial charge in [-0.05, 0) is 52.5 Å². The topological polar surface area (TPSA) is 46.3 Å². The molecule has 0 spiro atoms. The quantitative estimate of drug-likeness (QED) is 0.798. The molecule has 1 fully saturated rings. The Balaban J connectivity index is 2.56. The van der Waals surface area contributed by atoms with Crippen molar-refractivity contribution in [1.82, 2.24) is 4.90 Å². The highest BCUT2D eigenvalue weighted by Crippen LogP contribution is 2.25. The van der Waals surface area contributed by atoms with Crippen LogP contribution in [0.1, 0.15) is 52.9 Å². The molecule has 0 aromatic carbocycles. The van der Waals surface area contributed by atoms with E-state index >= 15 is 0 Å². The van der Waals surface area contributed by atoms with Gasteiger partial charge in [0.15, 0.2) is 0 Å². The van der Waals surface area contributed by atoms with E-state index in [0.717, 1.165) is 25.7 Å². The average molecular weight is 226 g/mol. The van der Waals surface area contributed by atoms with E-state index in [2.05, 4.69) is 18.7 Å². The van der Waals surface area contributed by atoms with Crippen molar-refractivity contribution in [2.75, 3.05) is 6.54 Å². The molecule has 3 nitrogen and oxygen atoms in total. The van der Waals surface area contributed by atoms with Crippen LogP contribution in [0.2, 0.25) is 0 Å². The molecular weight excluding hydrogens is 200 g/mol. The van der Waals surface area contributed by atoms with Crippen LogP contribution in [-0.2, 0) is 4.79 Å². The Labute approximate surface area is 99.4 Å². The van der Waals surface area contributed by atoms with E-state index in [1.807, 2.05) is 6.92 Å². The van der Waals surface area contributed by atoms with Crippen molar-refractivity contribution in [1.29, 1.82) is 0 Å². The minimum Gasteiger partial charge on any atom is -0.337 e. The predicted molar refractivity (Wildman–Crippen MR) is 67.1 cm³/mol. The van der Waals surface area contributed by atoms with Crippen LogP contribution in [0.15, 0.2) is 0 Å². The Bertz CT molecular complexity index is 220. The van der Waals surface area contributed by atoms with Crippen LogP contribution in [0.5, 0.6) is 0 Å². The smallest absolute Gasteiger partial charge is 0.225 e. The van der Waals surface area contributed by atoms with E-state index in [-0.39, 0.29) is 5.92 Å². The molecule has 1 saturated heterocycles. The number of nitrogens with two attached hydrogens (primary N) is 1. The molecule has 94 valence electrons. The molecule has 0 aliphatic carbocycles. The number of likely N-dealkylation sites (tertiary alicyclic amines) is 1. The molecule has 3 atom stereocenters. The lowest BCUT2D eigenvalue weighted by Gasteiger charge is -2.40. The second-order valence-electron chi connectivity index (χ2n) is 5.21. The van der Waals surface area contributed by atoms with Gasteiger partial charge in [-0.3, -0.25) is 4.79 Å². The second-order valence-corrected chi connectivity index (χ2v) is 5.21. The Hall–Kier alpha value is -0.570. The molecule has 3 heteroatoms. The molecule has 16 heavy (non-hydrogen) atoms. The van der Waals surface area contributed by atoms with E-state index in [1.54, 1.807) is 0 Å². The third-order valence-corrected chi connectivity index (χ3v) is 3.71. The first-order valence-corrected chi connectivity index (χ1v) is 6.60. The molecular formula is C13H26N2O. The van der Waals surface area contributed by atoms with Gasteiger partial charge in [-0.1, -0.05) is 6.92 Å². The Morgan fingerprint density at radius 3 is 2.44 bits per heavy atom. The Kier molecular flexibility index (Phi) is 5.26. The highest BCUT2D eigenvalue weighted by Gasteiger charge is 2.31. The van der Waals surface area contributed by atoms with Crippen molar-refractivity contribution in [2.24, 2.45) is 11.7 Å². The summed E-state index contributed by atoms with van der Waals surface area (Å²) >= 11 is 0. The van der Waals surface area contributed by atoms with Gasteiger partial charge < -0.3 is 10.6 Å². The molecule has 2 N–H and O–H groups in total. The number of amides is 1. The fraction of sp³-hybridized carbons (Fsp3) is 0.923. The summed E-state index contributed by atoms with van der Waals surface area (Å²) in [6.07, 6.45) is 5.43. The zero-order chi connectivity index (χ0) is 12.1. The molecule has 1 amide bonds. The molecule has 1 aliphatic rings. The monoisotopic (exact) mass is 226 g/mol. The number of hydrogen-bond acceptors (Lipinski definition) is 2. The maximum absolute atomic E-state index is 12.3. The van der Waals surface area contributed by atoms with Crippen LogP contribution in [0, 0.1) is 5.92 Å². The Morgan fingerprint density at radius 1 is 1.38 bits per heavy atom. The van der Waals surface area contributed by atoms with E-state index in [9.17, 15) is 4.79 Å². The van der Waals surface area contributed by atoms with Gasteiger partial charge >= 0.3 is 0 Å². The molecule has 0 bridgehead atoms. The number of carbonyl (C=O) groups excluding carboxylic acids is 1. The SMILES string of the molecule is CC(CCCN)C(=O)N1[C@H](C)CCC[C@@H]1C. The first-order chi connectivity index (χ1) is 7.57. The predicted octanol–water partition coefficient (Wildman–Crippen LogP) is 2.15. The maximum Gasteiger partial charge on any atom is 0.225 e. The summed E-state index contributed by atoms with van der Waals surface area (Å²) in [6.45, 7) is 7.06. The third kappa shape index (κ3) is 3.21. The molecule has 1 heterocycles. The number of nitrogens with zero attached hydrogens (tertiary/aromatic N) is 1. The van der Waals surface area contributed by atoms with E-state index in [0.29, 0.717) is 24.5 Å². The normalized spacial score (nSPS) is 27.9. The standard InChI is InChI=1S/C13H26N2O/c1-10(6-5-9-14)13(16)15-11(2)7-4-8-12(15)3/h10-12H,4-9,14H2,1-3H3/t10?,11-,12+. The summed E-state index contributed by atoms with van der Waals surface area (Å²) in [6, 6.07) is 0.827. The van der Waals surface area contributed by atoms with Gasteiger partial charge in [0.2, 0.25) is 5.91 Å². The summed E-state index contributed by atoms with van der Waals surface area (Å²) in [5.41, 5.74) is 5.49. The largest absolute Gasteiger partial charge is 0.337 e. The summed E-state index contributed by atoms with van der Waals surface area (Å²) in [5.74, 6) is 0.458. The van der Waals surface area contributed by atoms with Crippen molar-refractivity contribution >= 4 is 5.91 Å². The van der Waals surface area contributed by atoms with Crippen molar-refractivity contribution < 1.29 is 4.79 Å². The van der Waals surface area contributed by atoms with Crippen LogP contribution in [-0.4, -0.2) is 29.4 Å². The molecule has 1 aliphatic heterocycles. The summed E-state index contributed by atoms with van der Waals surface area (Å²) in [4.78, 5) is 14.4. The van der Waals surface area contributed by atoms with Gasteiger partial charge in [0, 0.05) is 18.0 Å². The number of piperidine rings is 1. The minimum atomic E-state index is 0.131. The summed E-state index contributed by atoms with van der Waals surface area (Å²) in [5, 5.41) is 0. The van der Waals surface area contributed by atoms with Crippen LogP contribution in [0.4, 0.5) is 0 Å². The average Bonchev–Trinajstić information content (AvgIpc) is 2.25. The maximum atomic E-state index is 12.3. The lowest BCUT2D eigenvalue weighted by Crippen LogP contribution is -2.49. The Morgan fingerprint density at radius 2 is 1.94 bits per heavy atom. The fourth-order valence-electron chi connectivity index (χ4n) is 2.66. The minimum absolute atomic E-state index is 0.131. The van der Waals surface area contributed by atoms with Gasteiger partial charge in [0.25, 0.3) is 0 Å². The molecule has 1 unspecified atom stereocenters. The first-order valence-electron chi connectivity index (χ1n) is 6.60. The molecule has 0 aromatic heterocycles. The van der Waals surface area contributed by atoms with E-state index < -0.39 is 0 Å². The number of carbonyl (C=O) groups is 1. The molecule has 0 radical (unpaired) electrons. The molecule has 1 rings (SSSR count). The molecule has 0 aromatic rings. The van der Waals surface area contributed by atoms with Crippen LogP contribution in [0.3, 0.4) is 0 Å². The van der Waals surface area contributed by atoms with Gasteiger partial charge in [-0.25, -0.2) is 0 Å². The third-order valence-electron chi connectivity index (χ3n) is 3.71. The zero-order valence-electron chi connectivity index (χ0n) is 10.9. The number of rotatable bonds is 4. The zero-order valence-corrected chi connectivity index (χ0v) is 10.9. The van der Waals surface area contributed by atoms with Crippen LogP contribution in [0.25, 0.3) is 0 Å². The van der Waals surface area contributed by atoms with E-state index in [4.69, 9.17) is 5.73 Å². The van der Waals surface area contributed by atoms with Crippen molar-refractivity contribution in [3.05, 3.63) is 0 Å². The first kappa shape index (κ1) is 13.5. The van der Waals surface area contributed by atoms with Crippen molar-refractivity contribution in [3.63, 3.8) is 0 Å². The molecule has 0 saturated carbocycles. The van der Waals surface area contributed by atoms with E-state index in [1.165, 1.54) is 6.42 Å². The van der Waals surface area contributed by atoms with Crippen LogP contribution >= 0.6 is 0 Å². The fourth-order valence-corrected chi connectivity index (χ4v) is 2.66.